The molecule has 0 radical (unpaired) electrons. The first-order valence-electron chi connectivity index (χ1n) is 12.5. The van der Waals surface area contributed by atoms with E-state index in [0.29, 0.717) is 25.2 Å². The lowest BCUT2D eigenvalue weighted by Crippen LogP contribution is -2.49. The third-order valence-electron chi connectivity index (χ3n) is 6.73. The van der Waals surface area contributed by atoms with Crippen molar-refractivity contribution in [3.8, 4) is 0 Å². The molecule has 3 aromatic rings. The molecule has 8 nitrogen and oxygen atoms in total. The lowest BCUT2D eigenvalue weighted by Gasteiger charge is -2.39. The number of furan rings is 1. The van der Waals surface area contributed by atoms with Crippen LogP contribution in [-0.4, -0.2) is 69.3 Å². The Labute approximate surface area is 217 Å². The van der Waals surface area contributed by atoms with E-state index in [0.717, 1.165) is 37.6 Å². The molecule has 1 saturated heterocycles. The number of sulfonamides is 1. The molecule has 0 bridgehead atoms. The van der Waals surface area contributed by atoms with Crippen molar-refractivity contribution in [3.05, 3.63) is 84.1 Å². The van der Waals surface area contributed by atoms with Crippen LogP contribution in [0.15, 0.2) is 76.2 Å². The van der Waals surface area contributed by atoms with Gasteiger partial charge in [0, 0.05) is 57.1 Å². The summed E-state index contributed by atoms with van der Waals surface area (Å²) in [5.41, 5.74) is 1.37. The predicted molar refractivity (Wildman–Crippen MR) is 141 cm³/mol. The normalized spacial score (nSPS) is 15.6. The zero-order chi connectivity index (χ0) is 26.4. The van der Waals surface area contributed by atoms with Gasteiger partial charge in [0.1, 0.15) is 11.6 Å². The highest BCUT2D eigenvalue weighted by atomic mass is 32.2. The molecule has 0 saturated carbocycles. The summed E-state index contributed by atoms with van der Waals surface area (Å²) < 4.78 is 45.8. The van der Waals surface area contributed by atoms with Crippen molar-refractivity contribution in [3.63, 3.8) is 0 Å². The van der Waals surface area contributed by atoms with E-state index in [1.54, 1.807) is 32.2 Å². The van der Waals surface area contributed by atoms with Crippen LogP contribution in [0.4, 0.5) is 10.1 Å². The Bertz CT molecular complexity index is 1250. The average molecular weight is 529 g/mol. The van der Waals surface area contributed by atoms with Gasteiger partial charge in [0.15, 0.2) is 0 Å². The van der Waals surface area contributed by atoms with Crippen molar-refractivity contribution >= 4 is 21.6 Å². The van der Waals surface area contributed by atoms with Gasteiger partial charge in [0.05, 0.1) is 17.2 Å². The molecule has 1 fully saturated rings. The maximum atomic E-state index is 13.3. The molecule has 2 heterocycles. The zero-order valence-electron chi connectivity index (χ0n) is 21.1. The predicted octanol–water partition coefficient (Wildman–Crippen LogP) is 3.74. The minimum Gasteiger partial charge on any atom is -0.468 e. The van der Waals surface area contributed by atoms with Crippen LogP contribution in [0.5, 0.6) is 0 Å². The third kappa shape index (κ3) is 6.20. The number of benzene rings is 2. The minimum absolute atomic E-state index is 0.156. The number of nitrogens with one attached hydrogen (secondary N) is 1. The van der Waals surface area contributed by atoms with Crippen LogP contribution in [0.1, 0.15) is 36.0 Å². The van der Waals surface area contributed by atoms with Gasteiger partial charge in [-0.15, -0.1) is 0 Å². The first-order valence-corrected chi connectivity index (χ1v) is 13.9. The average Bonchev–Trinajstić information content (AvgIpc) is 3.45. The van der Waals surface area contributed by atoms with Crippen LogP contribution < -0.4 is 10.2 Å². The van der Waals surface area contributed by atoms with Gasteiger partial charge < -0.3 is 14.6 Å². The summed E-state index contributed by atoms with van der Waals surface area (Å²) in [6, 6.07) is 16.1. The molecule has 1 aliphatic rings. The van der Waals surface area contributed by atoms with Gasteiger partial charge >= 0.3 is 0 Å². The Balaban J connectivity index is 1.40. The van der Waals surface area contributed by atoms with Gasteiger partial charge in [-0.2, -0.15) is 4.31 Å². The minimum atomic E-state index is -3.58. The summed E-state index contributed by atoms with van der Waals surface area (Å²) in [5, 5.41) is 2.98. The molecular weight excluding hydrogens is 495 g/mol. The monoisotopic (exact) mass is 528 g/mol. The molecule has 4 rings (SSSR count). The first kappa shape index (κ1) is 26.8. The Hall–Kier alpha value is -3.21. The summed E-state index contributed by atoms with van der Waals surface area (Å²) in [6.07, 6.45) is 1.62. The van der Waals surface area contributed by atoms with Crippen molar-refractivity contribution in [2.45, 2.75) is 24.8 Å². The Morgan fingerprint density at radius 2 is 1.65 bits per heavy atom. The number of hydrogen-bond acceptors (Lipinski definition) is 6. The number of hydrogen-bond donors (Lipinski definition) is 1. The van der Waals surface area contributed by atoms with Gasteiger partial charge in [-0.05, 0) is 60.7 Å². The van der Waals surface area contributed by atoms with Gasteiger partial charge in [0.2, 0.25) is 10.0 Å². The van der Waals surface area contributed by atoms with Crippen molar-refractivity contribution in [1.82, 2.24) is 14.5 Å². The lowest BCUT2D eigenvalue weighted by molar-refractivity contribution is 0.0922. The van der Waals surface area contributed by atoms with E-state index in [4.69, 9.17) is 4.42 Å². The molecule has 198 valence electrons. The maximum Gasteiger partial charge on any atom is 0.251 e. The summed E-state index contributed by atoms with van der Waals surface area (Å²) in [4.78, 5) is 17.6. The van der Waals surface area contributed by atoms with Crippen LogP contribution in [0, 0.1) is 5.82 Å². The van der Waals surface area contributed by atoms with Crippen molar-refractivity contribution in [2.75, 3.05) is 50.7 Å². The first-order chi connectivity index (χ1) is 17.8. The fourth-order valence-corrected chi connectivity index (χ4v) is 6.07. The lowest BCUT2D eigenvalue weighted by atomic mass is 10.1. The summed E-state index contributed by atoms with van der Waals surface area (Å²) in [6.45, 7) is 7.71. The molecule has 1 atom stereocenters. The topological polar surface area (TPSA) is 86.1 Å². The van der Waals surface area contributed by atoms with Gasteiger partial charge in [-0.25, -0.2) is 12.8 Å². The number of piperazine rings is 1. The van der Waals surface area contributed by atoms with Crippen molar-refractivity contribution < 1.29 is 22.0 Å². The third-order valence-corrected chi connectivity index (χ3v) is 8.80. The molecule has 0 spiro atoms. The SMILES string of the molecule is CCN(CC)S(=O)(=O)c1ccc(C(=O)NCC(c2ccco2)N2CCN(c3ccc(F)cc3)CC2)cc1. The highest BCUT2D eigenvalue weighted by Crippen LogP contribution is 2.25. The second kappa shape index (κ2) is 11.9. The number of nitrogens with zero attached hydrogens (tertiary/aromatic N) is 3. The molecule has 1 amide bonds. The van der Waals surface area contributed by atoms with E-state index in [1.165, 1.54) is 40.7 Å². The number of halogens is 1. The molecular formula is C27H33FN4O4S. The standard InChI is InChI=1S/C27H33FN4O4S/c1-3-32(4-2)37(34,35)24-13-7-21(8-14-24)27(33)29-20-25(26-6-5-19-36-26)31-17-15-30(16-18-31)23-11-9-22(28)10-12-23/h5-14,19,25H,3-4,15-18,20H2,1-2H3,(H,29,33). The Kier molecular flexibility index (Phi) is 8.63. The van der Waals surface area contributed by atoms with E-state index in [-0.39, 0.29) is 22.7 Å². The maximum absolute atomic E-state index is 13.3. The number of rotatable bonds is 10. The number of carbonyl (C=O) groups excluding carboxylic acids is 1. The zero-order valence-corrected chi connectivity index (χ0v) is 22.0. The van der Waals surface area contributed by atoms with E-state index >= 15 is 0 Å². The summed E-state index contributed by atoms with van der Waals surface area (Å²) in [7, 11) is -3.58. The van der Waals surface area contributed by atoms with Gasteiger partial charge in [-0.1, -0.05) is 13.8 Å². The Morgan fingerprint density at radius 3 is 2.22 bits per heavy atom. The molecule has 1 unspecified atom stereocenters. The van der Waals surface area contributed by atoms with E-state index in [2.05, 4.69) is 15.1 Å². The van der Waals surface area contributed by atoms with Crippen LogP contribution in [0.2, 0.25) is 0 Å². The van der Waals surface area contributed by atoms with E-state index < -0.39 is 10.0 Å². The molecule has 2 aromatic carbocycles. The van der Waals surface area contributed by atoms with Crippen LogP contribution in [0.3, 0.4) is 0 Å². The fraction of sp³-hybridized carbons (Fsp3) is 0.370. The number of anilines is 1. The molecule has 0 aliphatic carbocycles. The van der Waals surface area contributed by atoms with Crippen molar-refractivity contribution in [1.29, 1.82) is 0 Å². The smallest absolute Gasteiger partial charge is 0.251 e. The summed E-state index contributed by atoms with van der Waals surface area (Å²) in [5.74, 6) is 0.223. The largest absolute Gasteiger partial charge is 0.468 e. The molecule has 1 aromatic heterocycles. The second-order valence-corrected chi connectivity index (χ2v) is 10.8. The van der Waals surface area contributed by atoms with Crippen LogP contribution in [-0.2, 0) is 10.0 Å². The molecule has 37 heavy (non-hydrogen) atoms. The highest BCUT2D eigenvalue weighted by Gasteiger charge is 2.28. The summed E-state index contributed by atoms with van der Waals surface area (Å²) >= 11 is 0. The van der Waals surface area contributed by atoms with E-state index in [1.807, 2.05) is 12.1 Å². The van der Waals surface area contributed by atoms with Gasteiger partial charge in [0.25, 0.3) is 5.91 Å². The van der Waals surface area contributed by atoms with Crippen LogP contribution in [0.25, 0.3) is 0 Å². The number of amides is 1. The highest BCUT2D eigenvalue weighted by molar-refractivity contribution is 7.89. The fourth-order valence-electron chi connectivity index (χ4n) is 4.62. The van der Waals surface area contributed by atoms with E-state index in [9.17, 15) is 17.6 Å². The van der Waals surface area contributed by atoms with Crippen LogP contribution >= 0.6 is 0 Å². The molecule has 10 heteroatoms. The van der Waals surface area contributed by atoms with Crippen molar-refractivity contribution in [2.24, 2.45) is 0 Å². The molecule has 1 N–H and O–H groups in total. The van der Waals surface area contributed by atoms with Gasteiger partial charge in [-0.3, -0.25) is 9.69 Å². The second-order valence-electron chi connectivity index (χ2n) is 8.85. The number of carbonyl (C=O) groups is 1. The molecule has 1 aliphatic heterocycles. The Morgan fingerprint density at radius 1 is 1.00 bits per heavy atom. The quantitative estimate of drug-likeness (QED) is 0.432.